The lowest BCUT2D eigenvalue weighted by molar-refractivity contribution is 0.832. The summed E-state index contributed by atoms with van der Waals surface area (Å²) in [7, 11) is 0. The Kier molecular flexibility index (Phi) is 2.41. The first-order valence-electron chi connectivity index (χ1n) is 5.78. The average Bonchev–Trinajstić information content (AvgIpc) is 2.75. The molecule has 0 radical (unpaired) electrons. The lowest BCUT2D eigenvalue weighted by atomic mass is 10.1. The summed E-state index contributed by atoms with van der Waals surface area (Å²) in [6.45, 7) is 3.06. The van der Waals surface area contributed by atoms with Gasteiger partial charge in [-0.1, -0.05) is 18.2 Å². The number of aryl methyl sites for hydroxylation is 1. The van der Waals surface area contributed by atoms with Gasteiger partial charge in [-0.15, -0.1) is 0 Å². The van der Waals surface area contributed by atoms with Gasteiger partial charge in [0, 0.05) is 25.1 Å². The first-order valence-corrected chi connectivity index (χ1v) is 5.78. The van der Waals surface area contributed by atoms with Crippen LogP contribution >= 0.6 is 0 Å². The van der Waals surface area contributed by atoms with E-state index >= 15 is 0 Å². The number of nitrogens with zero attached hydrogens (tertiary/aromatic N) is 2. The van der Waals surface area contributed by atoms with Crippen LogP contribution in [0.2, 0.25) is 0 Å². The van der Waals surface area contributed by atoms with Crippen LogP contribution in [0.5, 0.6) is 0 Å². The van der Waals surface area contributed by atoms with E-state index in [9.17, 15) is 0 Å². The molecule has 0 aliphatic heterocycles. The van der Waals surface area contributed by atoms with Crippen LogP contribution in [-0.2, 0) is 6.54 Å². The van der Waals surface area contributed by atoms with Gasteiger partial charge in [0.2, 0.25) is 0 Å². The number of aromatic nitrogens is 2. The third kappa shape index (κ3) is 1.82. The van der Waals surface area contributed by atoms with Crippen LogP contribution in [0, 0.1) is 6.92 Å². The highest BCUT2D eigenvalue weighted by molar-refractivity contribution is 5.83. The third-order valence-corrected chi connectivity index (χ3v) is 3.09. The standard InChI is InChI=1S/C15H14N2/c1-12-3-2-4-14-7-10-17(15(12)14)11-13-5-8-16-9-6-13/h2-10H,11H2,1H3. The monoisotopic (exact) mass is 222 g/mol. The minimum Gasteiger partial charge on any atom is -0.343 e. The molecular formula is C15H14N2. The quantitative estimate of drug-likeness (QED) is 0.650. The summed E-state index contributed by atoms with van der Waals surface area (Å²) in [5, 5.41) is 1.30. The molecule has 0 bridgehead atoms. The first kappa shape index (κ1) is 10.1. The lowest BCUT2D eigenvalue weighted by Crippen LogP contribution is -1.98. The Balaban J connectivity index is 2.07. The van der Waals surface area contributed by atoms with Crippen molar-refractivity contribution in [2.24, 2.45) is 0 Å². The van der Waals surface area contributed by atoms with E-state index in [1.807, 2.05) is 12.4 Å². The van der Waals surface area contributed by atoms with Gasteiger partial charge < -0.3 is 4.57 Å². The van der Waals surface area contributed by atoms with E-state index in [2.05, 4.69) is 59.1 Å². The maximum absolute atomic E-state index is 4.05. The molecule has 0 fully saturated rings. The van der Waals surface area contributed by atoms with E-state index in [0.717, 1.165) is 6.54 Å². The zero-order valence-corrected chi connectivity index (χ0v) is 9.80. The summed E-state index contributed by atoms with van der Waals surface area (Å²) < 4.78 is 2.29. The normalized spacial score (nSPS) is 10.9. The molecule has 0 saturated carbocycles. The molecule has 0 saturated heterocycles. The summed E-state index contributed by atoms with van der Waals surface area (Å²) in [6, 6.07) is 12.7. The molecule has 2 nitrogen and oxygen atoms in total. The highest BCUT2D eigenvalue weighted by Crippen LogP contribution is 2.20. The minimum atomic E-state index is 0.900. The summed E-state index contributed by atoms with van der Waals surface area (Å²) in [5.41, 5.74) is 3.92. The van der Waals surface area contributed by atoms with Gasteiger partial charge in [0.1, 0.15) is 0 Å². The Morgan fingerprint density at radius 3 is 2.71 bits per heavy atom. The molecule has 0 aliphatic rings. The zero-order valence-electron chi connectivity index (χ0n) is 9.80. The van der Waals surface area contributed by atoms with E-state index in [1.54, 1.807) is 0 Å². The predicted octanol–water partition coefficient (Wildman–Crippen LogP) is 3.39. The van der Waals surface area contributed by atoms with E-state index in [4.69, 9.17) is 0 Å². The maximum Gasteiger partial charge on any atom is 0.0513 e. The van der Waals surface area contributed by atoms with Crippen molar-refractivity contribution in [3.63, 3.8) is 0 Å². The molecule has 3 rings (SSSR count). The Labute approximate surface area is 101 Å². The van der Waals surface area contributed by atoms with Gasteiger partial charge in [-0.05, 0) is 41.6 Å². The number of rotatable bonds is 2. The van der Waals surface area contributed by atoms with E-state index in [0.29, 0.717) is 0 Å². The lowest BCUT2D eigenvalue weighted by Gasteiger charge is -2.07. The number of para-hydroxylation sites is 1. The summed E-state index contributed by atoms with van der Waals surface area (Å²) in [6.07, 6.45) is 5.83. The fourth-order valence-electron chi connectivity index (χ4n) is 2.27. The van der Waals surface area contributed by atoms with E-state index in [1.165, 1.54) is 22.0 Å². The number of pyridine rings is 1. The number of hydrogen-bond acceptors (Lipinski definition) is 1. The van der Waals surface area contributed by atoms with E-state index in [-0.39, 0.29) is 0 Å². The van der Waals surface area contributed by atoms with Gasteiger partial charge in [-0.3, -0.25) is 4.98 Å². The Morgan fingerprint density at radius 2 is 1.88 bits per heavy atom. The largest absolute Gasteiger partial charge is 0.343 e. The first-order chi connectivity index (χ1) is 8.34. The smallest absolute Gasteiger partial charge is 0.0513 e. The molecule has 2 heteroatoms. The van der Waals surface area contributed by atoms with Crippen LogP contribution < -0.4 is 0 Å². The molecule has 2 heterocycles. The molecular weight excluding hydrogens is 208 g/mol. The Hall–Kier alpha value is -2.09. The van der Waals surface area contributed by atoms with Crippen molar-refractivity contribution in [2.45, 2.75) is 13.5 Å². The summed E-state index contributed by atoms with van der Waals surface area (Å²) in [5.74, 6) is 0. The van der Waals surface area contributed by atoms with Gasteiger partial charge in [-0.25, -0.2) is 0 Å². The SMILES string of the molecule is Cc1cccc2ccn(Cc3ccncc3)c12. The van der Waals surface area contributed by atoms with Gasteiger partial charge in [-0.2, -0.15) is 0 Å². The second-order valence-electron chi connectivity index (χ2n) is 4.31. The van der Waals surface area contributed by atoms with Crippen LogP contribution in [0.3, 0.4) is 0 Å². The summed E-state index contributed by atoms with van der Waals surface area (Å²) >= 11 is 0. The fourth-order valence-corrected chi connectivity index (χ4v) is 2.27. The maximum atomic E-state index is 4.05. The number of benzene rings is 1. The molecule has 0 spiro atoms. The highest BCUT2D eigenvalue weighted by Gasteiger charge is 2.03. The van der Waals surface area contributed by atoms with Crippen molar-refractivity contribution in [1.29, 1.82) is 0 Å². The molecule has 0 aliphatic carbocycles. The van der Waals surface area contributed by atoms with Crippen LogP contribution in [0.1, 0.15) is 11.1 Å². The Bertz CT molecular complexity index is 638. The van der Waals surface area contributed by atoms with Crippen LogP contribution in [-0.4, -0.2) is 9.55 Å². The second kappa shape index (κ2) is 4.06. The number of fused-ring (bicyclic) bond motifs is 1. The number of hydrogen-bond donors (Lipinski definition) is 0. The highest BCUT2D eigenvalue weighted by atomic mass is 15.0. The van der Waals surface area contributed by atoms with Gasteiger partial charge in [0.15, 0.2) is 0 Å². The van der Waals surface area contributed by atoms with Crippen molar-refractivity contribution < 1.29 is 0 Å². The van der Waals surface area contributed by atoms with Gasteiger partial charge in [0.05, 0.1) is 5.52 Å². The molecule has 0 unspecified atom stereocenters. The fraction of sp³-hybridized carbons (Fsp3) is 0.133. The molecule has 0 amide bonds. The molecule has 1 aromatic carbocycles. The van der Waals surface area contributed by atoms with Crippen molar-refractivity contribution in [1.82, 2.24) is 9.55 Å². The Morgan fingerprint density at radius 1 is 1.06 bits per heavy atom. The van der Waals surface area contributed by atoms with Gasteiger partial charge in [0.25, 0.3) is 0 Å². The van der Waals surface area contributed by atoms with Gasteiger partial charge >= 0.3 is 0 Å². The molecule has 2 aromatic heterocycles. The summed E-state index contributed by atoms with van der Waals surface area (Å²) in [4.78, 5) is 4.05. The molecule has 17 heavy (non-hydrogen) atoms. The minimum absolute atomic E-state index is 0.900. The van der Waals surface area contributed by atoms with Crippen molar-refractivity contribution in [3.8, 4) is 0 Å². The molecule has 0 N–H and O–H groups in total. The van der Waals surface area contributed by atoms with E-state index < -0.39 is 0 Å². The van der Waals surface area contributed by atoms with Crippen molar-refractivity contribution in [2.75, 3.05) is 0 Å². The van der Waals surface area contributed by atoms with Crippen LogP contribution in [0.15, 0.2) is 55.0 Å². The average molecular weight is 222 g/mol. The molecule has 84 valence electrons. The molecule has 0 atom stereocenters. The topological polar surface area (TPSA) is 17.8 Å². The third-order valence-electron chi connectivity index (χ3n) is 3.09. The predicted molar refractivity (Wildman–Crippen MR) is 70.0 cm³/mol. The van der Waals surface area contributed by atoms with Crippen LogP contribution in [0.25, 0.3) is 10.9 Å². The van der Waals surface area contributed by atoms with Crippen LogP contribution in [0.4, 0.5) is 0 Å². The molecule has 3 aromatic rings. The van der Waals surface area contributed by atoms with Crippen molar-refractivity contribution >= 4 is 10.9 Å². The second-order valence-corrected chi connectivity index (χ2v) is 4.31. The zero-order chi connectivity index (χ0) is 11.7. The van der Waals surface area contributed by atoms with Crippen molar-refractivity contribution in [3.05, 3.63) is 66.1 Å².